The number of rotatable bonds is 21. The van der Waals surface area contributed by atoms with Gasteiger partial charge in [-0.15, -0.1) is 0 Å². The number of hydrogen-bond acceptors (Lipinski definition) is 6. The molecule has 0 saturated heterocycles. The van der Waals surface area contributed by atoms with Gasteiger partial charge in [0.2, 0.25) is 10.4 Å². The van der Waals surface area contributed by atoms with E-state index in [0.29, 0.717) is 0 Å². The molecule has 0 bridgehead atoms. The summed E-state index contributed by atoms with van der Waals surface area (Å²) in [6.07, 6.45) is 29.4. The van der Waals surface area contributed by atoms with Gasteiger partial charge in [0.15, 0.2) is 6.29 Å². The van der Waals surface area contributed by atoms with E-state index in [4.69, 9.17) is 11.5 Å². The first-order valence-electron chi connectivity index (χ1n) is 12.8. The van der Waals surface area contributed by atoms with Crippen LogP contribution in [0.1, 0.15) is 122 Å². The van der Waals surface area contributed by atoms with E-state index in [0.717, 1.165) is 18.4 Å². The molecule has 0 spiro atoms. The molecule has 0 aromatic carbocycles. The first-order chi connectivity index (χ1) is 15.2. The maximum Gasteiger partial charge on any atom is 0.217 e. The van der Waals surface area contributed by atoms with E-state index in [1.165, 1.54) is 109 Å². The molecule has 0 heterocycles. The molecule has 0 fully saturated rings. The summed E-state index contributed by atoms with van der Waals surface area (Å²) < 4.78 is 31.0. The Morgan fingerprint density at radius 1 is 0.781 bits per heavy atom. The molecule has 0 rings (SSSR count). The second-order valence-corrected chi connectivity index (χ2v) is 9.84. The second-order valence-electron chi connectivity index (χ2n) is 8.69. The number of unbranched alkanes of at least 4 members (excludes halogenated alkanes) is 17. The van der Waals surface area contributed by atoms with Crippen LogP contribution in [0.25, 0.3) is 0 Å². The van der Waals surface area contributed by atoms with Gasteiger partial charge in [0.1, 0.15) is 0 Å². The van der Waals surface area contributed by atoms with Crippen LogP contribution in [0, 0.1) is 0 Å². The third-order valence-electron chi connectivity index (χ3n) is 5.58. The first kappa shape index (κ1) is 33.7. The molecule has 1 unspecified atom stereocenters. The van der Waals surface area contributed by atoms with Crippen molar-refractivity contribution in [1.82, 2.24) is 0 Å². The average molecular weight is 480 g/mol. The Kier molecular flexibility index (Phi) is 26.4. The molecule has 8 heteroatoms. The second kappa shape index (κ2) is 25.1. The van der Waals surface area contributed by atoms with Crippen molar-refractivity contribution in [3.63, 3.8) is 0 Å². The van der Waals surface area contributed by atoms with Gasteiger partial charge in [-0.1, -0.05) is 110 Å². The molecule has 0 aliphatic heterocycles. The van der Waals surface area contributed by atoms with Gasteiger partial charge in [-0.05, 0) is 18.9 Å². The molecular weight excluding hydrogens is 426 g/mol. The summed E-state index contributed by atoms with van der Waals surface area (Å²) in [5.74, 6) is 0. The van der Waals surface area contributed by atoms with E-state index in [2.05, 4.69) is 23.4 Å². The Morgan fingerprint density at radius 2 is 1.09 bits per heavy atom. The van der Waals surface area contributed by atoms with Gasteiger partial charge in [0.05, 0.1) is 20.4 Å². The maximum atomic E-state index is 9.22. The number of quaternary nitrogens is 1. The fourth-order valence-corrected chi connectivity index (χ4v) is 3.37. The summed E-state index contributed by atoms with van der Waals surface area (Å²) in [5, 5.41) is 0. The molecule has 0 amide bonds. The van der Waals surface area contributed by atoms with Gasteiger partial charge < -0.3 is 4.55 Å². The SMILES string of the molecule is CCCCCCCCCCCCCCCCCCCC=C[NH+](C)C(N)N.COS(=O)(=O)[O-]. The zero-order valence-corrected chi connectivity index (χ0v) is 22.0. The lowest BCUT2D eigenvalue weighted by atomic mass is 10.0. The third-order valence-corrected chi connectivity index (χ3v) is 5.99. The van der Waals surface area contributed by atoms with Crippen LogP contribution >= 0.6 is 0 Å². The molecule has 0 aromatic rings. The molecule has 0 aromatic heterocycles. The molecule has 0 saturated carbocycles. The van der Waals surface area contributed by atoms with Crippen molar-refractivity contribution in [1.29, 1.82) is 0 Å². The van der Waals surface area contributed by atoms with E-state index in [9.17, 15) is 13.0 Å². The standard InChI is InChI=1S/C23H49N3.CH4O4S/c1-3-4-5-6-7-8-9-10-11-12-13-14-15-16-17-18-19-20-21-22-26(2)23(24)25;1-5-6(2,3)4/h21-23H,3-20,24-25H2,1-2H3;1H3,(H,2,3,4). The van der Waals surface area contributed by atoms with Crippen LogP contribution in [0.3, 0.4) is 0 Å². The zero-order valence-electron chi connectivity index (χ0n) is 21.2. The molecule has 0 aliphatic carbocycles. The molecule has 0 radical (unpaired) electrons. The summed E-state index contributed by atoms with van der Waals surface area (Å²) in [6, 6.07) is 0. The van der Waals surface area contributed by atoms with Gasteiger partial charge >= 0.3 is 0 Å². The number of nitrogens with one attached hydrogen (secondary N) is 1. The predicted octanol–water partition coefficient (Wildman–Crippen LogP) is 4.35. The van der Waals surface area contributed by atoms with Gasteiger partial charge in [-0.25, -0.2) is 8.42 Å². The van der Waals surface area contributed by atoms with Crippen molar-refractivity contribution in [3.05, 3.63) is 12.3 Å². The summed E-state index contributed by atoms with van der Waals surface area (Å²) in [5.41, 5.74) is 11.2. The highest BCUT2D eigenvalue weighted by Gasteiger charge is 2.01. The lowest BCUT2D eigenvalue weighted by molar-refractivity contribution is -0.852. The number of nitrogens with two attached hydrogens (primary N) is 2. The Morgan fingerprint density at radius 3 is 1.38 bits per heavy atom. The Hall–Kier alpha value is -0.510. The average Bonchev–Trinajstić information content (AvgIpc) is 2.75. The molecule has 0 aliphatic rings. The highest BCUT2D eigenvalue weighted by Crippen LogP contribution is 2.14. The van der Waals surface area contributed by atoms with Crippen molar-refractivity contribution in [2.24, 2.45) is 11.5 Å². The fraction of sp³-hybridized carbons (Fsp3) is 0.917. The summed E-state index contributed by atoms with van der Waals surface area (Å²) in [6.45, 7) is 2.29. The minimum Gasteiger partial charge on any atom is -0.726 e. The van der Waals surface area contributed by atoms with E-state index < -0.39 is 10.4 Å². The number of allylic oxidation sites excluding steroid dienone is 1. The van der Waals surface area contributed by atoms with E-state index >= 15 is 0 Å². The van der Waals surface area contributed by atoms with Crippen molar-refractivity contribution in [3.8, 4) is 0 Å². The Labute approximate surface area is 199 Å². The maximum absolute atomic E-state index is 9.22. The normalized spacial score (nSPS) is 12.8. The highest BCUT2D eigenvalue weighted by molar-refractivity contribution is 7.80. The van der Waals surface area contributed by atoms with E-state index in [-0.39, 0.29) is 6.29 Å². The lowest BCUT2D eigenvalue weighted by Crippen LogP contribution is -3.12. The lowest BCUT2D eigenvalue weighted by Gasteiger charge is -2.11. The first-order valence-corrected chi connectivity index (χ1v) is 14.1. The van der Waals surface area contributed by atoms with Gasteiger partial charge in [-0.3, -0.25) is 20.6 Å². The molecule has 1 atom stereocenters. The Balaban J connectivity index is 0. The summed E-state index contributed by atoms with van der Waals surface area (Å²) >= 11 is 0. The zero-order chi connectivity index (χ0) is 24.5. The number of hydrogen-bond donors (Lipinski definition) is 3. The van der Waals surface area contributed by atoms with Crippen LogP contribution in [0.5, 0.6) is 0 Å². The van der Waals surface area contributed by atoms with Crippen LogP contribution < -0.4 is 16.4 Å². The molecule has 32 heavy (non-hydrogen) atoms. The van der Waals surface area contributed by atoms with Crippen molar-refractivity contribution in [2.45, 2.75) is 129 Å². The molecule has 7 nitrogen and oxygen atoms in total. The van der Waals surface area contributed by atoms with Crippen molar-refractivity contribution < 1.29 is 22.1 Å². The molecular formula is C24H53N3O4S. The van der Waals surface area contributed by atoms with Crippen LogP contribution in [0.2, 0.25) is 0 Å². The van der Waals surface area contributed by atoms with Gasteiger partial charge in [0.25, 0.3) is 0 Å². The quantitative estimate of drug-likeness (QED) is 0.0973. The van der Waals surface area contributed by atoms with Crippen molar-refractivity contribution >= 4 is 10.4 Å². The molecule has 5 N–H and O–H groups in total. The monoisotopic (exact) mass is 479 g/mol. The van der Waals surface area contributed by atoms with Gasteiger partial charge in [-0.2, -0.15) is 0 Å². The van der Waals surface area contributed by atoms with Crippen molar-refractivity contribution in [2.75, 3.05) is 14.2 Å². The van der Waals surface area contributed by atoms with Crippen LogP contribution in [0.15, 0.2) is 12.3 Å². The minimum atomic E-state index is -4.41. The minimum absolute atomic E-state index is 0.304. The fourth-order valence-electron chi connectivity index (χ4n) is 3.37. The van der Waals surface area contributed by atoms with Crippen LogP contribution in [-0.4, -0.2) is 33.4 Å². The van der Waals surface area contributed by atoms with Crippen LogP contribution in [-0.2, 0) is 14.6 Å². The molecule has 194 valence electrons. The summed E-state index contributed by atoms with van der Waals surface area (Å²) in [4.78, 5) is 1.07. The van der Waals surface area contributed by atoms with Crippen LogP contribution in [0.4, 0.5) is 0 Å². The third kappa shape index (κ3) is 31.7. The van der Waals surface area contributed by atoms with E-state index in [1.807, 2.05) is 7.05 Å². The highest BCUT2D eigenvalue weighted by atomic mass is 32.3. The Bertz CT molecular complexity index is 499. The van der Waals surface area contributed by atoms with E-state index in [1.54, 1.807) is 0 Å². The smallest absolute Gasteiger partial charge is 0.217 e. The predicted molar refractivity (Wildman–Crippen MR) is 134 cm³/mol. The largest absolute Gasteiger partial charge is 0.726 e. The summed E-state index contributed by atoms with van der Waals surface area (Å²) in [7, 11) is -1.61. The topological polar surface area (TPSA) is 123 Å². The van der Waals surface area contributed by atoms with Gasteiger partial charge in [0, 0.05) is 0 Å².